The van der Waals surface area contributed by atoms with E-state index in [4.69, 9.17) is 22.1 Å². The fraction of sp³-hybridized carbons (Fsp3) is 0.393. The van der Waals surface area contributed by atoms with Gasteiger partial charge in [0.1, 0.15) is 12.3 Å². The Morgan fingerprint density at radius 1 is 1.20 bits per heavy atom. The van der Waals surface area contributed by atoms with Crippen molar-refractivity contribution < 1.29 is 19.4 Å². The number of nitriles is 1. The van der Waals surface area contributed by atoms with Gasteiger partial charge in [-0.1, -0.05) is 35.9 Å². The predicted octanol–water partition coefficient (Wildman–Crippen LogP) is 3.67. The second kappa shape index (κ2) is 12.0. The summed E-state index contributed by atoms with van der Waals surface area (Å²) >= 11 is 6.46. The highest BCUT2D eigenvalue weighted by Gasteiger charge is 2.33. The van der Waals surface area contributed by atoms with Crippen LogP contribution in [-0.2, 0) is 0 Å². The Hall–Kier alpha value is -4.34. The average molecular weight is 579 g/mol. The number of rotatable bonds is 7. The van der Waals surface area contributed by atoms with Gasteiger partial charge in [0, 0.05) is 31.1 Å². The van der Waals surface area contributed by atoms with Gasteiger partial charge in [-0.2, -0.15) is 15.2 Å². The van der Waals surface area contributed by atoms with Gasteiger partial charge < -0.3 is 35.6 Å². The van der Waals surface area contributed by atoms with Crippen molar-refractivity contribution in [3.63, 3.8) is 0 Å². The Labute approximate surface area is 242 Å². The summed E-state index contributed by atoms with van der Waals surface area (Å²) in [4.78, 5) is 39.6. The minimum atomic E-state index is -1.10. The van der Waals surface area contributed by atoms with Crippen molar-refractivity contribution in [3.05, 3.63) is 47.1 Å². The molecular weight excluding hydrogens is 548 g/mol. The molecule has 0 radical (unpaired) electrons. The minimum Gasteiger partial charge on any atom is -0.465 e. The van der Waals surface area contributed by atoms with Gasteiger partial charge in [0.15, 0.2) is 11.5 Å². The van der Waals surface area contributed by atoms with Gasteiger partial charge in [0.05, 0.1) is 29.2 Å². The van der Waals surface area contributed by atoms with Gasteiger partial charge in [-0.25, -0.2) is 4.79 Å². The van der Waals surface area contributed by atoms with Crippen LogP contribution in [0.15, 0.2) is 36.4 Å². The van der Waals surface area contributed by atoms with Crippen molar-refractivity contribution in [2.75, 3.05) is 55.8 Å². The molecule has 2 aliphatic heterocycles. The largest absolute Gasteiger partial charge is 0.465 e. The van der Waals surface area contributed by atoms with E-state index in [1.54, 1.807) is 17.0 Å². The first-order chi connectivity index (χ1) is 19.8. The molecule has 4 N–H and O–H groups in total. The van der Waals surface area contributed by atoms with Crippen molar-refractivity contribution >= 4 is 51.6 Å². The lowest BCUT2D eigenvalue weighted by Crippen LogP contribution is -2.55. The third-order valence-corrected chi connectivity index (χ3v) is 7.97. The zero-order valence-electron chi connectivity index (χ0n) is 22.6. The number of nitrogens with two attached hydrogens (primary N) is 1. The van der Waals surface area contributed by atoms with Gasteiger partial charge in [0.25, 0.3) is 5.91 Å². The van der Waals surface area contributed by atoms with Gasteiger partial charge in [0.2, 0.25) is 0 Å². The number of piperazine rings is 1. The third-order valence-electron chi connectivity index (χ3n) is 7.65. The summed E-state index contributed by atoms with van der Waals surface area (Å²) < 4.78 is 6.01. The molecule has 0 aliphatic carbocycles. The van der Waals surface area contributed by atoms with Crippen LogP contribution >= 0.6 is 11.6 Å². The molecule has 12 nitrogen and oxygen atoms in total. The summed E-state index contributed by atoms with van der Waals surface area (Å²) in [7, 11) is 2.03. The topological polar surface area (TPSA) is 161 Å². The molecule has 0 unspecified atom stereocenters. The Kier molecular flexibility index (Phi) is 8.28. The summed E-state index contributed by atoms with van der Waals surface area (Å²) in [5.74, 6) is -0.317. The summed E-state index contributed by atoms with van der Waals surface area (Å²) in [5.41, 5.74) is 6.97. The van der Waals surface area contributed by atoms with E-state index in [9.17, 15) is 20.0 Å². The molecule has 214 valence electrons. The fourth-order valence-electron chi connectivity index (χ4n) is 5.44. The lowest BCUT2D eigenvalue weighted by atomic mass is 10.1. The molecule has 2 amide bonds. The smallest absolute Gasteiger partial charge is 0.407 e. The Bertz CT molecular complexity index is 1510. The van der Waals surface area contributed by atoms with Crippen LogP contribution in [0, 0.1) is 11.3 Å². The number of nitrogens with zero attached hydrogens (tertiary/aromatic N) is 6. The number of fused-ring (bicyclic) bond motifs is 1. The van der Waals surface area contributed by atoms with Crippen molar-refractivity contribution in [1.82, 2.24) is 19.8 Å². The summed E-state index contributed by atoms with van der Waals surface area (Å²) in [6, 6.07) is 12.6. The van der Waals surface area contributed by atoms with Crippen molar-refractivity contribution in [3.8, 4) is 12.1 Å². The lowest BCUT2D eigenvalue weighted by Gasteiger charge is -2.40. The zero-order chi connectivity index (χ0) is 29.1. The number of halogens is 1. The second-order valence-corrected chi connectivity index (χ2v) is 10.6. The molecule has 2 atom stereocenters. The van der Waals surface area contributed by atoms with E-state index in [0.29, 0.717) is 22.7 Å². The Morgan fingerprint density at radius 2 is 1.98 bits per heavy atom. The number of likely N-dealkylation sites (N-methyl/N-ethyl adjacent to an activating group) is 1. The Balaban J connectivity index is 1.49. The molecule has 2 aliphatic rings. The maximum absolute atomic E-state index is 13.7. The number of benzene rings is 2. The molecule has 0 spiro atoms. The van der Waals surface area contributed by atoms with E-state index in [1.165, 1.54) is 4.90 Å². The van der Waals surface area contributed by atoms with Crippen LogP contribution < -0.4 is 20.7 Å². The Morgan fingerprint density at radius 3 is 2.68 bits per heavy atom. The molecule has 13 heteroatoms. The van der Waals surface area contributed by atoms with Crippen LogP contribution in [0.25, 0.3) is 10.8 Å². The summed E-state index contributed by atoms with van der Waals surface area (Å²) in [5, 5.41) is 23.8. The van der Waals surface area contributed by atoms with Crippen LogP contribution in [0.5, 0.6) is 6.01 Å². The summed E-state index contributed by atoms with van der Waals surface area (Å²) in [6.07, 6.45) is 0.938. The number of aromatic nitrogens is 2. The van der Waals surface area contributed by atoms with Crippen molar-refractivity contribution in [1.29, 1.82) is 5.26 Å². The van der Waals surface area contributed by atoms with Crippen molar-refractivity contribution in [2.45, 2.75) is 31.3 Å². The standard InChI is InChI=1S/C28H31ClN8O4/c1-35-12-4-7-19(35)16-41-27-33-24(26(38)32-21-9-3-6-17-5-2-8-20(29)22(17)21)23(31)25(34-27)36-13-14-37(28(39)40)18(15-36)10-11-30/h2-3,5-6,8-9,18-19H,4,7,10,12-16,31H2,1H3,(H,32,38)(H,39,40)/t18-,19-/m0/s1. The van der Waals surface area contributed by atoms with E-state index >= 15 is 0 Å². The molecule has 2 aromatic carbocycles. The van der Waals surface area contributed by atoms with Crippen LogP contribution in [0.4, 0.5) is 22.0 Å². The van der Waals surface area contributed by atoms with Crippen molar-refractivity contribution in [2.24, 2.45) is 0 Å². The van der Waals surface area contributed by atoms with E-state index < -0.39 is 18.0 Å². The lowest BCUT2D eigenvalue weighted by molar-refractivity contribution is 0.102. The quantitative estimate of drug-likeness (QED) is 0.377. The van der Waals surface area contributed by atoms with Crippen LogP contribution in [0.1, 0.15) is 29.8 Å². The highest BCUT2D eigenvalue weighted by Crippen LogP contribution is 2.33. The fourth-order valence-corrected chi connectivity index (χ4v) is 5.72. The highest BCUT2D eigenvalue weighted by molar-refractivity contribution is 6.37. The molecule has 5 rings (SSSR count). The number of hydrogen-bond acceptors (Lipinski definition) is 9. The first-order valence-corrected chi connectivity index (χ1v) is 13.7. The van der Waals surface area contributed by atoms with Crippen LogP contribution in [0.3, 0.4) is 0 Å². The molecule has 2 fully saturated rings. The first kappa shape index (κ1) is 28.2. The van der Waals surface area contributed by atoms with E-state index in [0.717, 1.165) is 24.8 Å². The van der Waals surface area contributed by atoms with Crippen LogP contribution in [0.2, 0.25) is 5.02 Å². The molecule has 3 heterocycles. The molecule has 1 aromatic heterocycles. The number of nitrogens with one attached hydrogen (secondary N) is 1. The van der Waals surface area contributed by atoms with E-state index in [-0.39, 0.29) is 55.3 Å². The number of carboxylic acid groups (broad SMARTS) is 1. The molecule has 41 heavy (non-hydrogen) atoms. The molecule has 0 saturated carbocycles. The number of carbonyl (C=O) groups excluding carboxylic acids is 1. The van der Waals surface area contributed by atoms with Gasteiger partial charge in [-0.15, -0.1) is 0 Å². The number of amides is 2. The maximum Gasteiger partial charge on any atom is 0.407 e. The maximum atomic E-state index is 13.7. The molecule has 0 bridgehead atoms. The highest BCUT2D eigenvalue weighted by atomic mass is 35.5. The SMILES string of the molecule is CN1CCC[C@H]1COc1nc(C(=O)Nc2cccc3cccc(Cl)c23)c(N)c(N2CCN(C(=O)O)[C@@H](CC#N)C2)n1. The molecular formula is C28H31ClN8O4. The number of hydrogen-bond donors (Lipinski definition) is 3. The van der Waals surface area contributed by atoms with Gasteiger partial charge in [-0.05, 0) is 44.0 Å². The van der Waals surface area contributed by atoms with E-state index in [1.807, 2.05) is 31.3 Å². The predicted molar refractivity (Wildman–Crippen MR) is 155 cm³/mol. The van der Waals surface area contributed by atoms with Gasteiger partial charge in [-0.3, -0.25) is 4.79 Å². The molecule has 2 saturated heterocycles. The number of nitrogen functional groups attached to an aromatic ring is 1. The summed E-state index contributed by atoms with van der Waals surface area (Å²) in [6.45, 7) is 1.89. The van der Waals surface area contributed by atoms with Gasteiger partial charge >= 0.3 is 12.1 Å². The zero-order valence-corrected chi connectivity index (χ0v) is 23.3. The number of carbonyl (C=O) groups is 2. The third kappa shape index (κ3) is 5.91. The van der Waals surface area contributed by atoms with E-state index in [2.05, 4.69) is 26.3 Å². The van der Waals surface area contributed by atoms with Crippen LogP contribution in [-0.4, -0.2) is 88.8 Å². The second-order valence-electron chi connectivity index (χ2n) is 10.2. The minimum absolute atomic E-state index is 0.000342. The first-order valence-electron chi connectivity index (χ1n) is 13.4. The number of likely N-dealkylation sites (tertiary alicyclic amines) is 1. The normalized spacial score (nSPS) is 19.2. The number of anilines is 3. The number of ether oxygens (including phenoxy) is 1. The monoisotopic (exact) mass is 578 g/mol. The molecule has 3 aromatic rings. The average Bonchev–Trinajstić information content (AvgIpc) is 3.37.